The maximum absolute atomic E-state index is 11.9. The van der Waals surface area contributed by atoms with Crippen LogP contribution in [0.4, 0.5) is 0 Å². The van der Waals surface area contributed by atoms with Gasteiger partial charge in [-0.1, -0.05) is 13.0 Å². The van der Waals surface area contributed by atoms with Gasteiger partial charge in [-0.05, 0) is 44.5 Å². The van der Waals surface area contributed by atoms with E-state index in [1.807, 2.05) is 12.1 Å². The van der Waals surface area contributed by atoms with Gasteiger partial charge < -0.3 is 5.32 Å². The van der Waals surface area contributed by atoms with Crippen LogP contribution in [0.15, 0.2) is 24.4 Å². The lowest BCUT2D eigenvalue weighted by molar-refractivity contribution is 0.0932. The first-order valence-electron chi connectivity index (χ1n) is 6.74. The van der Waals surface area contributed by atoms with Gasteiger partial charge in [0.15, 0.2) is 0 Å². The maximum Gasteiger partial charge on any atom is 0.269 e. The van der Waals surface area contributed by atoms with E-state index in [4.69, 9.17) is 0 Å². The fraction of sp³-hybridized carbons (Fsp3) is 0.571. The van der Waals surface area contributed by atoms with Crippen molar-refractivity contribution in [1.82, 2.24) is 15.2 Å². The Kier molecular flexibility index (Phi) is 4.70. The molecule has 1 aliphatic rings. The number of pyridine rings is 1. The molecule has 1 amide bonds. The summed E-state index contributed by atoms with van der Waals surface area (Å²) in [6.07, 6.45) is 5.28. The van der Waals surface area contributed by atoms with E-state index in [0.717, 1.165) is 19.5 Å². The smallest absolute Gasteiger partial charge is 0.269 e. The SMILES string of the molecule is CC[C@H](CNC(=O)c1ccccn1)N1CCCC1. The summed E-state index contributed by atoms with van der Waals surface area (Å²) >= 11 is 0. The van der Waals surface area contributed by atoms with Crippen molar-refractivity contribution in [2.75, 3.05) is 19.6 Å². The minimum atomic E-state index is -0.0757. The predicted molar refractivity (Wildman–Crippen MR) is 71.5 cm³/mol. The summed E-state index contributed by atoms with van der Waals surface area (Å²) in [6, 6.07) is 5.85. The molecule has 0 bridgehead atoms. The van der Waals surface area contributed by atoms with Crippen LogP contribution < -0.4 is 5.32 Å². The monoisotopic (exact) mass is 247 g/mol. The first-order chi connectivity index (χ1) is 8.81. The molecule has 0 aromatic carbocycles. The topological polar surface area (TPSA) is 45.2 Å². The highest BCUT2D eigenvalue weighted by Gasteiger charge is 2.20. The van der Waals surface area contributed by atoms with Crippen LogP contribution in [0.2, 0.25) is 0 Å². The molecule has 1 saturated heterocycles. The summed E-state index contributed by atoms with van der Waals surface area (Å²) < 4.78 is 0. The molecule has 1 N–H and O–H groups in total. The molecule has 1 aromatic heterocycles. The van der Waals surface area contributed by atoms with Crippen molar-refractivity contribution >= 4 is 5.91 Å². The van der Waals surface area contributed by atoms with E-state index in [2.05, 4.69) is 22.1 Å². The van der Waals surface area contributed by atoms with E-state index in [1.165, 1.54) is 12.8 Å². The van der Waals surface area contributed by atoms with Gasteiger partial charge in [-0.2, -0.15) is 0 Å². The van der Waals surface area contributed by atoms with Gasteiger partial charge in [0.05, 0.1) is 0 Å². The minimum absolute atomic E-state index is 0.0757. The van der Waals surface area contributed by atoms with Crippen molar-refractivity contribution in [2.45, 2.75) is 32.2 Å². The molecule has 1 atom stereocenters. The number of aromatic nitrogens is 1. The second kappa shape index (κ2) is 6.50. The van der Waals surface area contributed by atoms with Gasteiger partial charge in [0.1, 0.15) is 5.69 Å². The van der Waals surface area contributed by atoms with E-state index in [9.17, 15) is 4.79 Å². The lowest BCUT2D eigenvalue weighted by Crippen LogP contribution is -2.42. The van der Waals surface area contributed by atoms with Crippen molar-refractivity contribution in [3.8, 4) is 0 Å². The average molecular weight is 247 g/mol. The van der Waals surface area contributed by atoms with Gasteiger partial charge in [-0.25, -0.2) is 0 Å². The number of nitrogens with zero attached hydrogens (tertiary/aromatic N) is 2. The largest absolute Gasteiger partial charge is 0.349 e. The van der Waals surface area contributed by atoms with Crippen molar-refractivity contribution in [3.63, 3.8) is 0 Å². The lowest BCUT2D eigenvalue weighted by atomic mass is 10.2. The molecule has 4 heteroatoms. The van der Waals surface area contributed by atoms with Gasteiger partial charge in [0.2, 0.25) is 0 Å². The Bertz CT molecular complexity index is 374. The quantitative estimate of drug-likeness (QED) is 0.861. The molecular formula is C14H21N3O. The fourth-order valence-electron chi connectivity index (χ4n) is 2.44. The van der Waals surface area contributed by atoms with Crippen LogP contribution in [-0.4, -0.2) is 41.5 Å². The number of hydrogen-bond acceptors (Lipinski definition) is 3. The second-order valence-corrected chi connectivity index (χ2v) is 4.73. The Balaban J connectivity index is 1.84. The highest BCUT2D eigenvalue weighted by atomic mass is 16.1. The number of carbonyl (C=O) groups is 1. The first kappa shape index (κ1) is 13.0. The molecule has 18 heavy (non-hydrogen) atoms. The molecule has 0 saturated carbocycles. The third-order valence-corrected chi connectivity index (χ3v) is 3.52. The normalized spacial score (nSPS) is 17.6. The van der Waals surface area contributed by atoms with Crippen LogP contribution in [-0.2, 0) is 0 Å². The molecule has 0 spiro atoms. The van der Waals surface area contributed by atoms with Crippen LogP contribution in [0.5, 0.6) is 0 Å². The standard InChI is InChI=1S/C14H21N3O/c1-2-12(17-9-5-6-10-17)11-16-14(18)13-7-3-4-8-15-13/h3-4,7-8,12H,2,5-6,9-11H2,1H3,(H,16,18)/t12-/m1/s1. The summed E-state index contributed by atoms with van der Waals surface area (Å²) in [7, 11) is 0. The zero-order valence-electron chi connectivity index (χ0n) is 10.9. The van der Waals surface area contributed by atoms with Crippen molar-refractivity contribution < 1.29 is 4.79 Å². The van der Waals surface area contributed by atoms with E-state index in [1.54, 1.807) is 12.3 Å². The van der Waals surface area contributed by atoms with Crippen LogP contribution >= 0.6 is 0 Å². The summed E-state index contributed by atoms with van der Waals surface area (Å²) in [5, 5.41) is 2.98. The Morgan fingerprint density at radius 2 is 2.22 bits per heavy atom. The molecule has 1 aromatic rings. The van der Waals surface area contributed by atoms with E-state index < -0.39 is 0 Å². The Labute approximate surface area is 108 Å². The van der Waals surface area contributed by atoms with Crippen molar-refractivity contribution in [3.05, 3.63) is 30.1 Å². The molecule has 2 rings (SSSR count). The number of rotatable bonds is 5. The van der Waals surface area contributed by atoms with Crippen LogP contribution in [0, 0.1) is 0 Å². The molecule has 0 unspecified atom stereocenters. The highest BCUT2D eigenvalue weighted by Crippen LogP contribution is 2.13. The van der Waals surface area contributed by atoms with E-state index in [0.29, 0.717) is 18.3 Å². The second-order valence-electron chi connectivity index (χ2n) is 4.73. The minimum Gasteiger partial charge on any atom is -0.349 e. The molecule has 0 radical (unpaired) electrons. The van der Waals surface area contributed by atoms with Gasteiger partial charge >= 0.3 is 0 Å². The number of nitrogens with one attached hydrogen (secondary N) is 1. The maximum atomic E-state index is 11.9. The lowest BCUT2D eigenvalue weighted by Gasteiger charge is -2.26. The Morgan fingerprint density at radius 3 is 2.83 bits per heavy atom. The molecule has 2 heterocycles. The Morgan fingerprint density at radius 1 is 1.44 bits per heavy atom. The zero-order valence-corrected chi connectivity index (χ0v) is 10.9. The van der Waals surface area contributed by atoms with Crippen LogP contribution in [0.25, 0.3) is 0 Å². The molecule has 4 nitrogen and oxygen atoms in total. The molecule has 1 fully saturated rings. The number of hydrogen-bond donors (Lipinski definition) is 1. The third-order valence-electron chi connectivity index (χ3n) is 3.52. The van der Waals surface area contributed by atoms with Crippen LogP contribution in [0.1, 0.15) is 36.7 Å². The van der Waals surface area contributed by atoms with Crippen molar-refractivity contribution in [2.24, 2.45) is 0 Å². The number of carbonyl (C=O) groups excluding carboxylic acids is 1. The third kappa shape index (κ3) is 3.29. The Hall–Kier alpha value is -1.42. The van der Waals surface area contributed by atoms with Crippen molar-refractivity contribution in [1.29, 1.82) is 0 Å². The summed E-state index contributed by atoms with van der Waals surface area (Å²) in [6.45, 7) is 5.22. The molecular weight excluding hydrogens is 226 g/mol. The highest BCUT2D eigenvalue weighted by molar-refractivity contribution is 5.92. The summed E-state index contributed by atoms with van der Waals surface area (Å²) in [4.78, 5) is 18.4. The number of likely N-dealkylation sites (tertiary alicyclic amines) is 1. The van der Waals surface area contributed by atoms with Crippen LogP contribution in [0.3, 0.4) is 0 Å². The molecule has 0 aliphatic carbocycles. The first-order valence-corrected chi connectivity index (χ1v) is 6.74. The molecule has 98 valence electrons. The van der Waals surface area contributed by atoms with E-state index in [-0.39, 0.29) is 5.91 Å². The number of amides is 1. The van der Waals surface area contributed by atoms with Gasteiger partial charge in [-0.15, -0.1) is 0 Å². The predicted octanol–water partition coefficient (Wildman–Crippen LogP) is 1.69. The average Bonchev–Trinajstić information content (AvgIpc) is 2.94. The molecule has 1 aliphatic heterocycles. The van der Waals surface area contributed by atoms with Gasteiger partial charge in [-0.3, -0.25) is 14.7 Å². The van der Waals surface area contributed by atoms with Gasteiger partial charge in [0.25, 0.3) is 5.91 Å². The van der Waals surface area contributed by atoms with Gasteiger partial charge in [0, 0.05) is 18.8 Å². The fourth-order valence-corrected chi connectivity index (χ4v) is 2.44. The summed E-state index contributed by atoms with van der Waals surface area (Å²) in [5.41, 5.74) is 0.494. The zero-order chi connectivity index (χ0) is 12.8. The van der Waals surface area contributed by atoms with E-state index >= 15 is 0 Å². The summed E-state index contributed by atoms with van der Waals surface area (Å²) in [5.74, 6) is -0.0757.